The SMILES string of the molecule is Cc1cccc(OCC(=O)NCc2cc(C)[nH]c2C)c1. The first-order valence-corrected chi connectivity index (χ1v) is 6.66. The summed E-state index contributed by atoms with van der Waals surface area (Å²) >= 11 is 0. The Kier molecular flexibility index (Phi) is 4.45. The maximum Gasteiger partial charge on any atom is 0.258 e. The Hall–Kier alpha value is -2.23. The molecule has 1 amide bonds. The Balaban J connectivity index is 1.80. The first-order valence-electron chi connectivity index (χ1n) is 6.66. The largest absolute Gasteiger partial charge is 0.484 e. The molecule has 4 heteroatoms. The van der Waals surface area contributed by atoms with Crippen LogP contribution in [0.3, 0.4) is 0 Å². The lowest BCUT2D eigenvalue weighted by atomic mass is 10.2. The number of aryl methyl sites for hydroxylation is 3. The minimum Gasteiger partial charge on any atom is -0.484 e. The molecule has 0 bridgehead atoms. The van der Waals surface area contributed by atoms with Gasteiger partial charge in [-0.3, -0.25) is 4.79 Å². The molecule has 0 aliphatic carbocycles. The lowest BCUT2D eigenvalue weighted by molar-refractivity contribution is -0.123. The van der Waals surface area contributed by atoms with Crippen molar-refractivity contribution in [3.8, 4) is 5.75 Å². The quantitative estimate of drug-likeness (QED) is 0.879. The molecule has 2 rings (SSSR count). The van der Waals surface area contributed by atoms with Gasteiger partial charge in [0.2, 0.25) is 0 Å². The molecule has 0 saturated heterocycles. The number of hydrogen-bond acceptors (Lipinski definition) is 2. The van der Waals surface area contributed by atoms with E-state index in [4.69, 9.17) is 4.74 Å². The van der Waals surface area contributed by atoms with Crippen LogP contribution in [0.15, 0.2) is 30.3 Å². The van der Waals surface area contributed by atoms with Gasteiger partial charge < -0.3 is 15.0 Å². The van der Waals surface area contributed by atoms with Crippen LogP contribution in [0.5, 0.6) is 5.75 Å². The Bertz CT molecular complexity index is 602. The van der Waals surface area contributed by atoms with E-state index in [-0.39, 0.29) is 12.5 Å². The molecule has 20 heavy (non-hydrogen) atoms. The summed E-state index contributed by atoms with van der Waals surface area (Å²) in [6, 6.07) is 9.70. The second kappa shape index (κ2) is 6.28. The summed E-state index contributed by atoms with van der Waals surface area (Å²) in [6.07, 6.45) is 0. The Labute approximate surface area is 119 Å². The Morgan fingerprint density at radius 1 is 1.25 bits per heavy atom. The number of carbonyl (C=O) groups excluding carboxylic acids is 1. The Morgan fingerprint density at radius 2 is 2.05 bits per heavy atom. The summed E-state index contributed by atoms with van der Waals surface area (Å²) in [5.41, 5.74) is 4.40. The van der Waals surface area contributed by atoms with E-state index in [0.717, 1.165) is 22.5 Å². The lowest BCUT2D eigenvalue weighted by Gasteiger charge is -2.08. The number of ether oxygens (including phenoxy) is 1. The third-order valence-electron chi connectivity index (χ3n) is 3.09. The number of aromatic nitrogens is 1. The molecule has 1 aromatic carbocycles. The summed E-state index contributed by atoms with van der Waals surface area (Å²) in [5, 5.41) is 2.85. The second-order valence-corrected chi connectivity index (χ2v) is 4.98. The molecular weight excluding hydrogens is 252 g/mol. The van der Waals surface area contributed by atoms with Crippen LogP contribution in [0, 0.1) is 20.8 Å². The van der Waals surface area contributed by atoms with E-state index in [1.165, 1.54) is 0 Å². The zero-order valence-corrected chi connectivity index (χ0v) is 12.1. The van der Waals surface area contributed by atoms with Gasteiger partial charge >= 0.3 is 0 Å². The number of rotatable bonds is 5. The highest BCUT2D eigenvalue weighted by Crippen LogP contribution is 2.12. The van der Waals surface area contributed by atoms with Crippen LogP contribution in [0.4, 0.5) is 0 Å². The van der Waals surface area contributed by atoms with E-state index in [9.17, 15) is 4.79 Å². The van der Waals surface area contributed by atoms with E-state index in [0.29, 0.717) is 12.3 Å². The molecule has 0 atom stereocenters. The molecule has 0 unspecified atom stereocenters. The smallest absolute Gasteiger partial charge is 0.258 e. The molecule has 0 aliphatic heterocycles. The van der Waals surface area contributed by atoms with Crippen molar-refractivity contribution >= 4 is 5.91 Å². The van der Waals surface area contributed by atoms with Crippen LogP contribution < -0.4 is 10.1 Å². The summed E-state index contributed by atoms with van der Waals surface area (Å²) in [5.74, 6) is 0.596. The van der Waals surface area contributed by atoms with E-state index in [1.807, 2.05) is 51.1 Å². The molecule has 0 radical (unpaired) electrons. The predicted octanol–water partition coefficient (Wildman–Crippen LogP) is 2.64. The average molecular weight is 272 g/mol. The fraction of sp³-hybridized carbons (Fsp3) is 0.312. The first kappa shape index (κ1) is 14.2. The lowest BCUT2D eigenvalue weighted by Crippen LogP contribution is -2.28. The van der Waals surface area contributed by atoms with Gasteiger partial charge in [0, 0.05) is 17.9 Å². The van der Waals surface area contributed by atoms with Crippen LogP contribution in [0.1, 0.15) is 22.5 Å². The zero-order chi connectivity index (χ0) is 14.5. The van der Waals surface area contributed by atoms with E-state index < -0.39 is 0 Å². The van der Waals surface area contributed by atoms with Crippen molar-refractivity contribution in [3.05, 3.63) is 52.8 Å². The van der Waals surface area contributed by atoms with Crippen molar-refractivity contribution in [1.29, 1.82) is 0 Å². The van der Waals surface area contributed by atoms with Crippen molar-refractivity contribution in [2.75, 3.05) is 6.61 Å². The van der Waals surface area contributed by atoms with Crippen LogP contribution >= 0.6 is 0 Å². The number of amides is 1. The van der Waals surface area contributed by atoms with Gasteiger partial charge in [0.15, 0.2) is 6.61 Å². The molecule has 106 valence electrons. The predicted molar refractivity (Wildman–Crippen MR) is 78.8 cm³/mol. The first-order chi connectivity index (χ1) is 9.54. The molecule has 0 fully saturated rings. The zero-order valence-electron chi connectivity index (χ0n) is 12.1. The highest BCUT2D eigenvalue weighted by atomic mass is 16.5. The minimum atomic E-state index is -0.121. The van der Waals surface area contributed by atoms with Gasteiger partial charge in [0.1, 0.15) is 5.75 Å². The fourth-order valence-electron chi connectivity index (χ4n) is 2.06. The van der Waals surface area contributed by atoms with Gasteiger partial charge in [0.25, 0.3) is 5.91 Å². The number of carbonyl (C=O) groups is 1. The van der Waals surface area contributed by atoms with Crippen molar-refractivity contribution in [2.45, 2.75) is 27.3 Å². The second-order valence-electron chi connectivity index (χ2n) is 4.98. The summed E-state index contributed by atoms with van der Waals surface area (Å²) in [6.45, 7) is 6.54. The normalized spacial score (nSPS) is 10.3. The maximum absolute atomic E-state index is 11.7. The van der Waals surface area contributed by atoms with Crippen LogP contribution in [-0.2, 0) is 11.3 Å². The molecule has 2 N–H and O–H groups in total. The topological polar surface area (TPSA) is 54.1 Å². The van der Waals surface area contributed by atoms with Crippen molar-refractivity contribution in [2.24, 2.45) is 0 Å². The molecule has 1 heterocycles. The molecule has 4 nitrogen and oxygen atoms in total. The van der Waals surface area contributed by atoms with Crippen LogP contribution in [0.25, 0.3) is 0 Å². The van der Waals surface area contributed by atoms with Gasteiger partial charge in [-0.25, -0.2) is 0 Å². The van der Waals surface area contributed by atoms with Crippen LogP contribution in [-0.4, -0.2) is 17.5 Å². The van der Waals surface area contributed by atoms with Crippen molar-refractivity contribution in [3.63, 3.8) is 0 Å². The molecule has 0 saturated carbocycles. The number of benzene rings is 1. The van der Waals surface area contributed by atoms with Gasteiger partial charge in [0.05, 0.1) is 0 Å². The fourth-order valence-corrected chi connectivity index (χ4v) is 2.06. The van der Waals surface area contributed by atoms with Gasteiger partial charge in [-0.1, -0.05) is 12.1 Å². The molecule has 0 spiro atoms. The number of H-pyrrole nitrogens is 1. The molecular formula is C16H20N2O2. The van der Waals surface area contributed by atoms with Crippen LogP contribution in [0.2, 0.25) is 0 Å². The third-order valence-corrected chi connectivity index (χ3v) is 3.09. The number of hydrogen-bond donors (Lipinski definition) is 2. The summed E-state index contributed by atoms with van der Waals surface area (Å²) in [4.78, 5) is 15.0. The highest BCUT2D eigenvalue weighted by Gasteiger charge is 2.06. The summed E-state index contributed by atoms with van der Waals surface area (Å²) in [7, 11) is 0. The molecule has 0 aliphatic rings. The minimum absolute atomic E-state index is 0.0336. The third kappa shape index (κ3) is 3.88. The van der Waals surface area contributed by atoms with Crippen molar-refractivity contribution < 1.29 is 9.53 Å². The summed E-state index contributed by atoms with van der Waals surface area (Å²) < 4.78 is 5.45. The monoisotopic (exact) mass is 272 g/mol. The van der Waals surface area contributed by atoms with Gasteiger partial charge in [-0.05, 0) is 50.1 Å². The number of aromatic amines is 1. The van der Waals surface area contributed by atoms with Gasteiger partial charge in [-0.2, -0.15) is 0 Å². The van der Waals surface area contributed by atoms with E-state index in [1.54, 1.807) is 0 Å². The van der Waals surface area contributed by atoms with E-state index >= 15 is 0 Å². The Morgan fingerprint density at radius 3 is 2.70 bits per heavy atom. The number of nitrogens with one attached hydrogen (secondary N) is 2. The standard InChI is InChI=1S/C16H20N2O2/c1-11-5-4-6-15(7-11)20-10-16(19)17-9-14-8-12(2)18-13(14)3/h4-8,18H,9-10H2,1-3H3,(H,17,19). The molecule has 1 aromatic heterocycles. The van der Waals surface area contributed by atoms with Gasteiger partial charge in [-0.15, -0.1) is 0 Å². The average Bonchev–Trinajstić information content (AvgIpc) is 2.72. The molecule has 2 aromatic rings. The van der Waals surface area contributed by atoms with E-state index in [2.05, 4.69) is 10.3 Å². The highest BCUT2D eigenvalue weighted by molar-refractivity contribution is 5.77. The maximum atomic E-state index is 11.7. The van der Waals surface area contributed by atoms with Crippen molar-refractivity contribution in [1.82, 2.24) is 10.3 Å².